The topological polar surface area (TPSA) is 12.0 Å². The number of rotatable bonds is 5. The molecule has 1 aliphatic carbocycles. The molecule has 0 amide bonds. The molecule has 2 rings (SSSR count). The number of hydrogen-bond donors (Lipinski definition) is 1. The molecule has 0 saturated heterocycles. The van der Waals surface area contributed by atoms with Crippen LogP contribution in [0.25, 0.3) is 0 Å². The fourth-order valence-electron chi connectivity index (χ4n) is 2.05. The minimum Gasteiger partial charge on any atom is -0.316 e. The van der Waals surface area contributed by atoms with E-state index in [0.29, 0.717) is 0 Å². The zero-order valence-electron chi connectivity index (χ0n) is 9.82. The number of halogens is 2. The summed E-state index contributed by atoms with van der Waals surface area (Å²) in [6, 6.07) is 4.34. The highest BCUT2D eigenvalue weighted by Crippen LogP contribution is 2.22. The highest BCUT2D eigenvalue weighted by molar-refractivity contribution is 9.11. The molecule has 1 nitrogen and oxygen atoms in total. The summed E-state index contributed by atoms with van der Waals surface area (Å²) in [4.78, 5) is 1.46. The van der Waals surface area contributed by atoms with Gasteiger partial charge < -0.3 is 5.32 Å². The Morgan fingerprint density at radius 3 is 2.88 bits per heavy atom. The van der Waals surface area contributed by atoms with Crippen molar-refractivity contribution in [2.24, 2.45) is 5.92 Å². The molecule has 0 radical (unpaired) electrons. The van der Waals surface area contributed by atoms with Crippen molar-refractivity contribution in [1.29, 1.82) is 0 Å². The summed E-state index contributed by atoms with van der Waals surface area (Å²) >= 11 is 5.33. The average molecular weight is 337 g/mol. The van der Waals surface area contributed by atoms with Crippen LogP contribution in [0.3, 0.4) is 0 Å². The Morgan fingerprint density at radius 2 is 2.24 bits per heavy atom. The third kappa shape index (κ3) is 5.56. The Hall–Kier alpha value is 0.170. The van der Waals surface area contributed by atoms with Gasteiger partial charge in [0.25, 0.3) is 0 Å². The fraction of sp³-hybridized carbons (Fsp3) is 0.538. The van der Waals surface area contributed by atoms with E-state index in [1.54, 1.807) is 0 Å². The van der Waals surface area contributed by atoms with Gasteiger partial charge in [0.2, 0.25) is 0 Å². The zero-order chi connectivity index (χ0) is 11.2. The first-order chi connectivity index (χ1) is 7.84. The van der Waals surface area contributed by atoms with E-state index in [-0.39, 0.29) is 12.4 Å². The quantitative estimate of drug-likeness (QED) is 0.620. The summed E-state index contributed by atoms with van der Waals surface area (Å²) in [5.41, 5.74) is 0. The van der Waals surface area contributed by atoms with Gasteiger partial charge in [-0.05, 0) is 72.8 Å². The van der Waals surface area contributed by atoms with Crippen LogP contribution in [-0.2, 0) is 6.42 Å². The van der Waals surface area contributed by atoms with Crippen LogP contribution in [-0.4, -0.2) is 13.1 Å². The van der Waals surface area contributed by atoms with E-state index in [1.807, 2.05) is 11.3 Å². The molecule has 0 saturated carbocycles. The fourth-order valence-corrected chi connectivity index (χ4v) is 3.53. The lowest BCUT2D eigenvalue weighted by Crippen LogP contribution is -2.25. The van der Waals surface area contributed by atoms with E-state index in [0.717, 1.165) is 18.9 Å². The molecule has 0 bridgehead atoms. The summed E-state index contributed by atoms with van der Waals surface area (Å²) in [5, 5.41) is 3.57. The molecule has 1 aliphatic rings. The average Bonchev–Trinajstić information content (AvgIpc) is 2.72. The van der Waals surface area contributed by atoms with Crippen LogP contribution in [0.1, 0.15) is 24.1 Å². The normalized spacial score (nSPS) is 19.0. The molecule has 1 aromatic heterocycles. The number of thiophene rings is 1. The van der Waals surface area contributed by atoms with E-state index in [4.69, 9.17) is 0 Å². The van der Waals surface area contributed by atoms with Crippen LogP contribution in [0, 0.1) is 5.92 Å². The van der Waals surface area contributed by atoms with Gasteiger partial charge >= 0.3 is 0 Å². The SMILES string of the molecule is Brc1ccc(CCNCC2CC=CCC2)s1.Cl. The van der Waals surface area contributed by atoms with Crippen LogP contribution in [0.5, 0.6) is 0 Å². The van der Waals surface area contributed by atoms with Crippen molar-refractivity contribution in [3.05, 3.63) is 32.9 Å². The van der Waals surface area contributed by atoms with Gasteiger partial charge in [0.05, 0.1) is 3.79 Å². The molecule has 1 heterocycles. The number of nitrogens with one attached hydrogen (secondary N) is 1. The second-order valence-corrected chi connectivity index (χ2v) is 6.86. The second-order valence-electron chi connectivity index (χ2n) is 4.31. The molecule has 1 N–H and O–H groups in total. The first kappa shape index (κ1) is 15.2. The molecule has 4 heteroatoms. The molecule has 96 valence electrons. The summed E-state index contributed by atoms with van der Waals surface area (Å²) in [5.74, 6) is 0.861. The molecule has 0 spiro atoms. The van der Waals surface area contributed by atoms with Gasteiger partial charge in [-0.3, -0.25) is 0 Å². The van der Waals surface area contributed by atoms with Crippen molar-refractivity contribution in [2.75, 3.05) is 13.1 Å². The Balaban J connectivity index is 0.00000144. The Labute approximate surface area is 122 Å². The van der Waals surface area contributed by atoms with Crippen LogP contribution < -0.4 is 5.32 Å². The van der Waals surface area contributed by atoms with Crippen molar-refractivity contribution >= 4 is 39.7 Å². The van der Waals surface area contributed by atoms with Crippen LogP contribution in [0.15, 0.2) is 28.1 Å². The zero-order valence-corrected chi connectivity index (χ0v) is 13.0. The summed E-state index contributed by atoms with van der Waals surface area (Å²) < 4.78 is 1.24. The molecule has 0 aromatic carbocycles. The van der Waals surface area contributed by atoms with Crippen LogP contribution in [0.2, 0.25) is 0 Å². The van der Waals surface area contributed by atoms with Crippen molar-refractivity contribution in [2.45, 2.75) is 25.7 Å². The lowest BCUT2D eigenvalue weighted by atomic mass is 9.94. The lowest BCUT2D eigenvalue weighted by molar-refractivity contribution is 0.443. The van der Waals surface area contributed by atoms with Gasteiger partial charge in [0.15, 0.2) is 0 Å². The third-order valence-corrected chi connectivity index (χ3v) is 4.67. The molecule has 17 heavy (non-hydrogen) atoms. The van der Waals surface area contributed by atoms with Gasteiger partial charge in [-0.15, -0.1) is 23.7 Å². The Morgan fingerprint density at radius 1 is 1.35 bits per heavy atom. The molecule has 1 unspecified atom stereocenters. The van der Waals surface area contributed by atoms with E-state index in [1.165, 1.54) is 34.5 Å². The monoisotopic (exact) mass is 335 g/mol. The standard InChI is InChI=1S/C13H18BrNS.ClH/c14-13-7-6-12(16-13)8-9-15-10-11-4-2-1-3-5-11;/h1-2,6-7,11,15H,3-5,8-10H2;1H. The largest absolute Gasteiger partial charge is 0.316 e. The highest BCUT2D eigenvalue weighted by atomic mass is 79.9. The maximum Gasteiger partial charge on any atom is 0.0701 e. The smallest absolute Gasteiger partial charge is 0.0701 e. The second kappa shape index (κ2) is 8.30. The minimum absolute atomic E-state index is 0. The minimum atomic E-state index is 0. The van der Waals surface area contributed by atoms with E-state index in [9.17, 15) is 0 Å². The van der Waals surface area contributed by atoms with Gasteiger partial charge in [-0.1, -0.05) is 12.2 Å². The number of allylic oxidation sites excluding steroid dienone is 2. The van der Waals surface area contributed by atoms with E-state index in [2.05, 4.69) is 45.5 Å². The summed E-state index contributed by atoms with van der Waals surface area (Å²) in [6.07, 6.45) is 9.67. The molecule has 1 atom stereocenters. The van der Waals surface area contributed by atoms with Gasteiger partial charge in [-0.25, -0.2) is 0 Å². The van der Waals surface area contributed by atoms with Gasteiger partial charge in [0, 0.05) is 4.88 Å². The Bertz CT molecular complexity index is 351. The molecule has 0 fully saturated rings. The predicted octanol–water partition coefficient (Wildman–Crippen LogP) is 4.42. The van der Waals surface area contributed by atoms with E-state index >= 15 is 0 Å². The molecular weight excluding hydrogens is 318 g/mol. The first-order valence-corrected chi connectivity index (χ1v) is 7.55. The van der Waals surface area contributed by atoms with E-state index < -0.39 is 0 Å². The van der Waals surface area contributed by atoms with Crippen molar-refractivity contribution in [1.82, 2.24) is 5.32 Å². The van der Waals surface area contributed by atoms with Crippen LogP contribution in [0.4, 0.5) is 0 Å². The third-order valence-electron chi connectivity index (χ3n) is 2.99. The predicted molar refractivity (Wildman–Crippen MR) is 82.3 cm³/mol. The number of hydrogen-bond acceptors (Lipinski definition) is 2. The highest BCUT2D eigenvalue weighted by Gasteiger charge is 2.08. The van der Waals surface area contributed by atoms with Crippen molar-refractivity contribution < 1.29 is 0 Å². The lowest BCUT2D eigenvalue weighted by Gasteiger charge is -2.17. The van der Waals surface area contributed by atoms with Gasteiger partial charge in [-0.2, -0.15) is 0 Å². The van der Waals surface area contributed by atoms with Crippen molar-refractivity contribution in [3.63, 3.8) is 0 Å². The molecule has 0 aliphatic heterocycles. The Kier molecular flexibility index (Phi) is 7.44. The maximum atomic E-state index is 3.57. The molecule has 1 aromatic rings. The van der Waals surface area contributed by atoms with Crippen molar-refractivity contribution in [3.8, 4) is 0 Å². The maximum absolute atomic E-state index is 3.57. The molecular formula is C13H19BrClNS. The summed E-state index contributed by atoms with van der Waals surface area (Å²) in [6.45, 7) is 2.28. The summed E-state index contributed by atoms with van der Waals surface area (Å²) in [7, 11) is 0. The van der Waals surface area contributed by atoms with Gasteiger partial charge in [0.1, 0.15) is 0 Å². The van der Waals surface area contributed by atoms with Crippen LogP contribution >= 0.6 is 39.7 Å². The first-order valence-electron chi connectivity index (χ1n) is 5.94.